The highest BCUT2D eigenvalue weighted by Crippen LogP contribution is 2.21. The molecule has 0 aromatic heterocycles. The third kappa shape index (κ3) is 8.86. The number of methoxy groups -OCH3 is 1. The lowest BCUT2D eigenvalue weighted by Crippen LogP contribution is -2.48. The molecule has 3 unspecified atom stereocenters. The number of halogens is 1. The Labute approximate surface area is 210 Å². The van der Waals surface area contributed by atoms with Crippen molar-refractivity contribution >= 4 is 35.8 Å². The summed E-state index contributed by atoms with van der Waals surface area (Å²) in [5, 5.41) is 6.65. The van der Waals surface area contributed by atoms with Gasteiger partial charge in [0.25, 0.3) is 5.91 Å². The number of aliphatic imine (C=N–C) groups is 1. The van der Waals surface area contributed by atoms with Gasteiger partial charge < -0.3 is 25.0 Å². The molecule has 1 aromatic rings. The van der Waals surface area contributed by atoms with Crippen LogP contribution in [0.4, 0.5) is 0 Å². The molecule has 2 N–H and O–H groups in total. The van der Waals surface area contributed by atoms with E-state index in [9.17, 15) is 4.79 Å². The second-order valence-electron chi connectivity index (χ2n) is 9.33. The minimum absolute atomic E-state index is 0. The highest BCUT2D eigenvalue weighted by Gasteiger charge is 2.26. The number of hydrogen-bond donors (Lipinski definition) is 2. The van der Waals surface area contributed by atoms with E-state index in [-0.39, 0.29) is 53.6 Å². The predicted molar refractivity (Wildman–Crippen MR) is 141 cm³/mol. The molecule has 2 rings (SSSR count). The van der Waals surface area contributed by atoms with Crippen molar-refractivity contribution in [3.63, 3.8) is 0 Å². The smallest absolute Gasteiger partial charge is 0.254 e. The van der Waals surface area contributed by atoms with Crippen LogP contribution in [0.2, 0.25) is 0 Å². The minimum Gasteiger partial charge on any atom is -0.379 e. The van der Waals surface area contributed by atoms with E-state index >= 15 is 0 Å². The van der Waals surface area contributed by atoms with Crippen molar-refractivity contribution in [1.29, 1.82) is 0 Å². The molecule has 0 aliphatic carbocycles. The number of rotatable bonds is 7. The maximum Gasteiger partial charge on any atom is 0.254 e. The molecular formula is C24H41IN4O3. The standard InChI is InChI=1S/C24H40N4O3.HI/c1-8-25-23(27-14-21(30-7)24(4,5)6)26-13-19-9-11-20(12-10-19)22(29)28-15-17(2)31-18(3)16-28;/h9-12,17-18,21H,8,13-16H2,1-7H3,(H2,25,26,27);1H. The highest BCUT2D eigenvalue weighted by molar-refractivity contribution is 14.0. The van der Waals surface area contributed by atoms with E-state index in [0.717, 1.165) is 18.1 Å². The van der Waals surface area contributed by atoms with E-state index < -0.39 is 0 Å². The fraction of sp³-hybridized carbons (Fsp3) is 0.667. The first-order chi connectivity index (χ1) is 14.6. The van der Waals surface area contributed by atoms with Gasteiger partial charge in [-0.25, -0.2) is 4.99 Å². The molecule has 0 saturated carbocycles. The number of ether oxygens (including phenoxy) is 2. The number of guanidine groups is 1. The van der Waals surface area contributed by atoms with Crippen molar-refractivity contribution in [2.24, 2.45) is 10.4 Å². The third-order valence-electron chi connectivity index (χ3n) is 5.38. The summed E-state index contributed by atoms with van der Waals surface area (Å²) in [7, 11) is 1.74. The van der Waals surface area contributed by atoms with Crippen LogP contribution in [0.15, 0.2) is 29.3 Å². The van der Waals surface area contributed by atoms with Gasteiger partial charge in [0.1, 0.15) is 0 Å². The molecule has 32 heavy (non-hydrogen) atoms. The molecule has 1 amide bonds. The van der Waals surface area contributed by atoms with Crippen LogP contribution < -0.4 is 10.6 Å². The fourth-order valence-electron chi connectivity index (χ4n) is 3.72. The lowest BCUT2D eigenvalue weighted by molar-refractivity contribution is -0.0586. The number of nitrogens with one attached hydrogen (secondary N) is 2. The maximum absolute atomic E-state index is 12.8. The first-order valence-corrected chi connectivity index (χ1v) is 11.2. The van der Waals surface area contributed by atoms with Gasteiger partial charge in [0.2, 0.25) is 0 Å². The summed E-state index contributed by atoms with van der Waals surface area (Å²) in [5.74, 6) is 0.810. The normalized spacial score (nSPS) is 20.3. The van der Waals surface area contributed by atoms with Gasteiger partial charge >= 0.3 is 0 Å². The molecule has 0 spiro atoms. The molecule has 1 aliphatic rings. The van der Waals surface area contributed by atoms with Crippen molar-refractivity contribution in [3.8, 4) is 0 Å². The van der Waals surface area contributed by atoms with Crippen LogP contribution in [0.3, 0.4) is 0 Å². The number of benzene rings is 1. The molecule has 1 aromatic carbocycles. The van der Waals surface area contributed by atoms with Gasteiger partial charge in [-0.05, 0) is 43.9 Å². The maximum atomic E-state index is 12.8. The van der Waals surface area contributed by atoms with Crippen LogP contribution in [0.25, 0.3) is 0 Å². The Balaban J connectivity index is 0.00000512. The third-order valence-corrected chi connectivity index (χ3v) is 5.38. The van der Waals surface area contributed by atoms with Crippen molar-refractivity contribution in [1.82, 2.24) is 15.5 Å². The molecule has 182 valence electrons. The Kier molecular flexibility index (Phi) is 11.9. The molecule has 8 heteroatoms. The Morgan fingerprint density at radius 3 is 2.28 bits per heavy atom. The van der Waals surface area contributed by atoms with Crippen LogP contribution in [-0.4, -0.2) is 68.4 Å². The van der Waals surface area contributed by atoms with Crippen LogP contribution in [-0.2, 0) is 16.0 Å². The van der Waals surface area contributed by atoms with Crippen LogP contribution in [0.1, 0.15) is 57.5 Å². The van der Waals surface area contributed by atoms with Gasteiger partial charge in [0.15, 0.2) is 5.96 Å². The van der Waals surface area contributed by atoms with Gasteiger partial charge in [0, 0.05) is 38.9 Å². The molecule has 1 aliphatic heterocycles. The Morgan fingerprint density at radius 1 is 1.19 bits per heavy atom. The lowest BCUT2D eigenvalue weighted by Gasteiger charge is -2.35. The van der Waals surface area contributed by atoms with E-state index in [1.807, 2.05) is 49.9 Å². The van der Waals surface area contributed by atoms with Crippen LogP contribution in [0, 0.1) is 5.41 Å². The SMILES string of the molecule is CCNC(=NCc1ccc(C(=O)N2CC(C)OC(C)C2)cc1)NCC(OC)C(C)(C)C.I. The average Bonchev–Trinajstić information content (AvgIpc) is 2.70. The van der Waals surface area contributed by atoms with Gasteiger partial charge in [0.05, 0.1) is 24.9 Å². The Hall–Kier alpha value is -1.39. The first kappa shape index (κ1) is 28.6. The zero-order valence-corrected chi connectivity index (χ0v) is 22.9. The van der Waals surface area contributed by atoms with Gasteiger partial charge in [-0.2, -0.15) is 0 Å². The number of morpholine rings is 1. The summed E-state index contributed by atoms with van der Waals surface area (Å²) < 4.78 is 11.3. The van der Waals surface area contributed by atoms with E-state index in [2.05, 4.69) is 36.4 Å². The van der Waals surface area contributed by atoms with Crippen molar-refractivity contribution < 1.29 is 14.3 Å². The second-order valence-corrected chi connectivity index (χ2v) is 9.33. The summed E-state index contributed by atoms with van der Waals surface area (Å²) in [6, 6.07) is 7.72. The van der Waals surface area contributed by atoms with E-state index in [1.165, 1.54) is 0 Å². The Bertz CT molecular complexity index is 724. The highest BCUT2D eigenvalue weighted by atomic mass is 127. The minimum atomic E-state index is 0. The number of hydrogen-bond acceptors (Lipinski definition) is 4. The van der Waals surface area contributed by atoms with Crippen molar-refractivity contribution in [3.05, 3.63) is 35.4 Å². The number of amides is 1. The number of carbonyl (C=O) groups excluding carboxylic acids is 1. The van der Waals surface area contributed by atoms with E-state index in [1.54, 1.807) is 7.11 Å². The quantitative estimate of drug-likeness (QED) is 0.303. The first-order valence-electron chi connectivity index (χ1n) is 11.2. The molecule has 0 radical (unpaired) electrons. The fourth-order valence-corrected chi connectivity index (χ4v) is 3.72. The average molecular weight is 561 g/mol. The second kappa shape index (κ2) is 13.3. The zero-order chi connectivity index (χ0) is 23.0. The largest absolute Gasteiger partial charge is 0.379 e. The molecule has 1 fully saturated rings. The molecule has 1 saturated heterocycles. The summed E-state index contributed by atoms with van der Waals surface area (Å²) >= 11 is 0. The lowest BCUT2D eigenvalue weighted by atomic mass is 9.89. The van der Waals surface area contributed by atoms with Crippen molar-refractivity contribution in [2.45, 2.75) is 66.4 Å². The zero-order valence-electron chi connectivity index (χ0n) is 20.6. The number of nitrogens with zero attached hydrogens (tertiary/aromatic N) is 2. The molecule has 3 atom stereocenters. The van der Waals surface area contributed by atoms with Gasteiger partial charge in [-0.3, -0.25) is 4.79 Å². The monoisotopic (exact) mass is 560 g/mol. The van der Waals surface area contributed by atoms with E-state index in [4.69, 9.17) is 9.47 Å². The number of carbonyl (C=O) groups is 1. The van der Waals surface area contributed by atoms with Gasteiger partial charge in [-0.1, -0.05) is 32.9 Å². The van der Waals surface area contributed by atoms with Crippen molar-refractivity contribution in [2.75, 3.05) is 33.3 Å². The molecule has 0 bridgehead atoms. The topological polar surface area (TPSA) is 75.2 Å². The van der Waals surface area contributed by atoms with Gasteiger partial charge in [-0.15, -0.1) is 24.0 Å². The summed E-state index contributed by atoms with van der Waals surface area (Å²) in [5.41, 5.74) is 1.79. The summed E-state index contributed by atoms with van der Waals surface area (Å²) in [6.45, 7) is 15.8. The van der Waals surface area contributed by atoms with E-state index in [0.29, 0.717) is 31.7 Å². The van der Waals surface area contributed by atoms with Crippen LogP contribution in [0.5, 0.6) is 0 Å². The summed E-state index contributed by atoms with van der Waals surface area (Å²) in [4.78, 5) is 19.4. The molecule has 7 nitrogen and oxygen atoms in total. The van der Waals surface area contributed by atoms with Crippen LogP contribution >= 0.6 is 24.0 Å². The Morgan fingerprint density at radius 2 is 1.78 bits per heavy atom. The molecule has 1 heterocycles. The predicted octanol–water partition coefficient (Wildman–Crippen LogP) is 3.67. The molecular weight excluding hydrogens is 519 g/mol. The summed E-state index contributed by atoms with van der Waals surface area (Å²) in [6.07, 6.45) is 0.204.